The van der Waals surface area contributed by atoms with Gasteiger partial charge in [0, 0.05) is 13.1 Å². The summed E-state index contributed by atoms with van der Waals surface area (Å²) in [5, 5.41) is 0. The molecule has 0 radical (unpaired) electrons. The van der Waals surface area contributed by atoms with Crippen LogP contribution in [-0.2, 0) is 14.3 Å². The van der Waals surface area contributed by atoms with Gasteiger partial charge in [0.15, 0.2) is 0 Å². The largest absolute Gasteiger partial charge is 0.494 e. The maximum Gasteiger partial charge on any atom is 0.282 e. The first kappa shape index (κ1) is 21.9. The molecule has 1 fully saturated rings. The molecule has 2 aromatic rings. The molecule has 2 amide bonds. The maximum atomic E-state index is 13.6. The van der Waals surface area contributed by atoms with E-state index in [1.807, 2.05) is 43.0 Å². The van der Waals surface area contributed by atoms with Crippen LogP contribution in [0.3, 0.4) is 0 Å². The van der Waals surface area contributed by atoms with E-state index in [0.717, 1.165) is 12.2 Å². The summed E-state index contributed by atoms with van der Waals surface area (Å²) in [7, 11) is 0. The minimum atomic E-state index is -0.331. The van der Waals surface area contributed by atoms with Crippen molar-refractivity contribution in [1.82, 2.24) is 4.90 Å². The lowest BCUT2D eigenvalue weighted by Gasteiger charge is -2.29. The number of benzene rings is 2. The number of carbonyl (C=O) groups excluding carboxylic acids is 2. The first-order valence-electron chi connectivity index (χ1n) is 11.1. The Bertz CT molecular complexity index is 992. The summed E-state index contributed by atoms with van der Waals surface area (Å²) < 4.78 is 16.6. The number of carbonyl (C=O) groups is 2. The molecule has 2 aromatic carbocycles. The Kier molecular flexibility index (Phi) is 6.75. The van der Waals surface area contributed by atoms with Gasteiger partial charge in [0.25, 0.3) is 11.8 Å². The Labute approximate surface area is 188 Å². The van der Waals surface area contributed by atoms with Crippen LogP contribution in [0.2, 0.25) is 0 Å². The lowest BCUT2D eigenvalue weighted by molar-refractivity contribution is -0.121. The van der Waals surface area contributed by atoms with Gasteiger partial charge < -0.3 is 19.1 Å². The van der Waals surface area contributed by atoms with E-state index in [2.05, 4.69) is 0 Å². The van der Waals surface area contributed by atoms with Crippen molar-refractivity contribution in [3.8, 4) is 11.5 Å². The van der Waals surface area contributed by atoms with Gasteiger partial charge in [0.1, 0.15) is 17.2 Å². The van der Waals surface area contributed by atoms with Crippen molar-refractivity contribution in [3.05, 3.63) is 59.8 Å². The Morgan fingerprint density at radius 1 is 0.844 bits per heavy atom. The summed E-state index contributed by atoms with van der Waals surface area (Å²) in [6.07, 6.45) is 0.915. The molecule has 0 unspecified atom stereocenters. The molecule has 0 bridgehead atoms. The Balaban J connectivity index is 1.70. The highest BCUT2D eigenvalue weighted by atomic mass is 16.5. The second-order valence-corrected chi connectivity index (χ2v) is 7.57. The molecular formula is C25H28N2O5. The highest BCUT2D eigenvalue weighted by Crippen LogP contribution is 2.36. The zero-order chi connectivity index (χ0) is 22.5. The monoisotopic (exact) mass is 436 g/mol. The number of nitrogens with zero attached hydrogens (tertiary/aromatic N) is 2. The SMILES string of the molecule is CCCOc1ccc(C2=C(N3CCOCC3)C(=O)N(c3ccc(OCC)cc3)C2=O)cc1. The van der Waals surface area contributed by atoms with Crippen LogP contribution >= 0.6 is 0 Å². The number of ether oxygens (including phenoxy) is 3. The zero-order valence-corrected chi connectivity index (χ0v) is 18.5. The van der Waals surface area contributed by atoms with Crippen molar-refractivity contribution >= 4 is 23.1 Å². The summed E-state index contributed by atoms with van der Waals surface area (Å²) in [6, 6.07) is 14.4. The van der Waals surface area contributed by atoms with Gasteiger partial charge >= 0.3 is 0 Å². The molecule has 168 valence electrons. The lowest BCUT2D eigenvalue weighted by Crippen LogP contribution is -2.40. The number of hydrogen-bond donors (Lipinski definition) is 0. The summed E-state index contributed by atoms with van der Waals surface area (Å²) in [5.41, 5.74) is 2.05. The number of imide groups is 1. The molecule has 0 aromatic heterocycles. The van der Waals surface area contributed by atoms with Gasteiger partial charge in [0.2, 0.25) is 0 Å². The van der Waals surface area contributed by atoms with E-state index in [0.29, 0.717) is 67.8 Å². The smallest absolute Gasteiger partial charge is 0.282 e. The molecule has 1 saturated heterocycles. The summed E-state index contributed by atoms with van der Waals surface area (Å²) in [5.74, 6) is 0.786. The molecule has 7 nitrogen and oxygen atoms in total. The summed E-state index contributed by atoms with van der Waals surface area (Å²) in [4.78, 5) is 30.3. The number of amides is 2. The number of hydrogen-bond acceptors (Lipinski definition) is 6. The molecule has 0 aliphatic carbocycles. The second-order valence-electron chi connectivity index (χ2n) is 7.57. The van der Waals surface area contributed by atoms with E-state index < -0.39 is 0 Å². The van der Waals surface area contributed by atoms with Crippen LogP contribution in [0, 0.1) is 0 Å². The lowest BCUT2D eigenvalue weighted by atomic mass is 10.0. The van der Waals surface area contributed by atoms with Crippen LogP contribution in [0.4, 0.5) is 5.69 Å². The van der Waals surface area contributed by atoms with Crippen LogP contribution < -0.4 is 14.4 Å². The van der Waals surface area contributed by atoms with Crippen molar-refractivity contribution < 1.29 is 23.8 Å². The van der Waals surface area contributed by atoms with Crippen LogP contribution in [0.1, 0.15) is 25.8 Å². The Morgan fingerprint density at radius 2 is 1.47 bits per heavy atom. The molecular weight excluding hydrogens is 408 g/mol. The molecule has 0 atom stereocenters. The molecule has 0 spiro atoms. The van der Waals surface area contributed by atoms with Crippen LogP contribution in [-0.4, -0.2) is 56.2 Å². The average molecular weight is 437 g/mol. The molecule has 32 heavy (non-hydrogen) atoms. The van der Waals surface area contributed by atoms with Gasteiger partial charge in [0.05, 0.1) is 37.7 Å². The first-order chi connectivity index (χ1) is 15.6. The average Bonchev–Trinajstić information content (AvgIpc) is 3.09. The van der Waals surface area contributed by atoms with E-state index in [4.69, 9.17) is 14.2 Å². The van der Waals surface area contributed by atoms with Gasteiger partial charge in [-0.1, -0.05) is 19.1 Å². The van der Waals surface area contributed by atoms with Crippen LogP contribution in [0.5, 0.6) is 11.5 Å². The van der Waals surface area contributed by atoms with Crippen molar-refractivity contribution in [2.24, 2.45) is 0 Å². The van der Waals surface area contributed by atoms with Gasteiger partial charge in [-0.05, 0) is 55.3 Å². The van der Waals surface area contributed by atoms with Gasteiger partial charge in [-0.3, -0.25) is 9.59 Å². The van der Waals surface area contributed by atoms with Gasteiger partial charge in [-0.15, -0.1) is 0 Å². The highest BCUT2D eigenvalue weighted by Gasteiger charge is 2.42. The quantitative estimate of drug-likeness (QED) is 0.590. The van der Waals surface area contributed by atoms with E-state index in [1.54, 1.807) is 24.3 Å². The molecule has 2 aliphatic rings. The minimum Gasteiger partial charge on any atom is -0.494 e. The fraction of sp³-hybridized carbons (Fsp3) is 0.360. The highest BCUT2D eigenvalue weighted by molar-refractivity contribution is 6.45. The maximum absolute atomic E-state index is 13.6. The van der Waals surface area contributed by atoms with Crippen molar-refractivity contribution in [2.75, 3.05) is 44.4 Å². The van der Waals surface area contributed by atoms with Crippen molar-refractivity contribution in [2.45, 2.75) is 20.3 Å². The third kappa shape index (κ3) is 4.34. The summed E-state index contributed by atoms with van der Waals surface area (Å²) >= 11 is 0. The first-order valence-corrected chi connectivity index (χ1v) is 11.1. The van der Waals surface area contributed by atoms with E-state index in [-0.39, 0.29) is 11.8 Å². The van der Waals surface area contributed by atoms with E-state index >= 15 is 0 Å². The molecule has 4 rings (SSSR count). The van der Waals surface area contributed by atoms with Crippen LogP contribution in [0.15, 0.2) is 54.2 Å². The Hall–Kier alpha value is -3.32. The number of rotatable bonds is 8. The fourth-order valence-corrected chi connectivity index (χ4v) is 3.89. The van der Waals surface area contributed by atoms with E-state index in [1.165, 1.54) is 4.90 Å². The van der Waals surface area contributed by atoms with Crippen molar-refractivity contribution in [1.29, 1.82) is 0 Å². The predicted molar refractivity (Wildman–Crippen MR) is 122 cm³/mol. The van der Waals surface area contributed by atoms with Gasteiger partial charge in [-0.2, -0.15) is 0 Å². The molecule has 0 saturated carbocycles. The third-order valence-corrected chi connectivity index (χ3v) is 5.41. The molecule has 7 heteroatoms. The van der Waals surface area contributed by atoms with Gasteiger partial charge in [-0.25, -0.2) is 4.90 Å². The van der Waals surface area contributed by atoms with Crippen LogP contribution in [0.25, 0.3) is 5.57 Å². The number of morpholine rings is 1. The zero-order valence-electron chi connectivity index (χ0n) is 18.5. The van der Waals surface area contributed by atoms with Crippen molar-refractivity contribution in [3.63, 3.8) is 0 Å². The molecule has 2 aliphatic heterocycles. The topological polar surface area (TPSA) is 68.3 Å². The normalized spacial score (nSPS) is 16.7. The molecule has 2 heterocycles. The summed E-state index contributed by atoms with van der Waals surface area (Å²) in [6.45, 7) is 7.29. The third-order valence-electron chi connectivity index (χ3n) is 5.41. The standard InChI is InChI=1S/C25H28N2O5/c1-3-15-32-21-9-5-18(6-10-21)22-23(26-13-16-30-17-14-26)25(29)27(24(22)28)19-7-11-20(12-8-19)31-4-2/h5-12H,3-4,13-17H2,1-2H3. The number of anilines is 1. The van der Waals surface area contributed by atoms with E-state index in [9.17, 15) is 9.59 Å². The molecule has 0 N–H and O–H groups in total. The predicted octanol–water partition coefficient (Wildman–Crippen LogP) is 3.49. The Morgan fingerprint density at radius 3 is 2.09 bits per heavy atom. The second kappa shape index (κ2) is 9.87. The minimum absolute atomic E-state index is 0.317. The fourth-order valence-electron chi connectivity index (χ4n) is 3.89.